The highest BCUT2D eigenvalue weighted by molar-refractivity contribution is 5.93. The summed E-state index contributed by atoms with van der Waals surface area (Å²) in [4.78, 5) is 18.9. The molecule has 1 saturated heterocycles. The van der Waals surface area contributed by atoms with Gasteiger partial charge in [0.15, 0.2) is 0 Å². The number of hydrogen-bond acceptors (Lipinski definition) is 8. The highest BCUT2D eigenvalue weighted by atomic mass is 19.1. The number of rotatable bonds is 10. The summed E-state index contributed by atoms with van der Waals surface area (Å²) in [7, 11) is 1.66. The number of anilines is 1. The van der Waals surface area contributed by atoms with Crippen molar-refractivity contribution in [3.8, 4) is 0 Å². The monoisotopic (exact) mass is 493 g/mol. The van der Waals surface area contributed by atoms with Gasteiger partial charge in [-0.15, -0.1) is 0 Å². The molecule has 2 aromatic rings. The van der Waals surface area contributed by atoms with Crippen LogP contribution in [0.25, 0.3) is 5.70 Å². The Morgan fingerprint density at radius 2 is 2.14 bits per heavy atom. The van der Waals surface area contributed by atoms with Gasteiger partial charge in [-0.2, -0.15) is 5.11 Å². The molecule has 2 fully saturated rings. The average molecular weight is 494 g/mol. The Labute approximate surface area is 209 Å². The number of hydrogen-bond donors (Lipinski definition) is 5. The van der Waals surface area contributed by atoms with Crippen molar-refractivity contribution < 1.29 is 14.3 Å². The first-order chi connectivity index (χ1) is 17.3. The van der Waals surface area contributed by atoms with Gasteiger partial charge < -0.3 is 26.0 Å². The molecule has 1 aliphatic heterocycles. The van der Waals surface area contributed by atoms with Crippen LogP contribution in [0, 0.1) is 28.1 Å². The molecule has 2 heterocycles. The van der Waals surface area contributed by atoms with E-state index in [2.05, 4.69) is 20.7 Å². The molecule has 1 amide bonds. The normalized spacial score (nSPS) is 21.8. The van der Waals surface area contributed by atoms with Gasteiger partial charge in [0, 0.05) is 49.5 Å². The molecule has 1 aliphatic carbocycles. The molecule has 0 spiro atoms. The highest BCUT2D eigenvalue weighted by Crippen LogP contribution is 2.55. The van der Waals surface area contributed by atoms with Gasteiger partial charge in [-0.3, -0.25) is 9.78 Å². The third-order valence-electron chi connectivity index (χ3n) is 7.16. The minimum atomic E-state index is -0.816. The standard InChI is InChI=1S/C26H32FN7O2/c1-3-23(28)26(18-4-5-18)7-9-34(25(26)36)20-6-8-31-21(13-20)24(35)32-14-16-10-17(12-19(27)11-16)22(33-29)15-30-2/h6,8,10-13,15,18,25,28-30,36H,3-5,7,9,14H2,1-2H3,(H,32,35)/b22-15-,28-23?,33-29?/t25?,26-/m0/s1. The predicted molar refractivity (Wildman–Crippen MR) is 135 cm³/mol. The lowest BCUT2D eigenvalue weighted by Crippen LogP contribution is -2.46. The van der Waals surface area contributed by atoms with Crippen LogP contribution in [0.4, 0.5) is 10.1 Å². The van der Waals surface area contributed by atoms with E-state index in [1.165, 1.54) is 24.5 Å². The van der Waals surface area contributed by atoms with E-state index in [1.54, 1.807) is 25.2 Å². The molecule has 2 atom stereocenters. The topological polar surface area (TPSA) is 138 Å². The van der Waals surface area contributed by atoms with Gasteiger partial charge in [0.05, 0.1) is 5.41 Å². The number of carbonyl (C=O) groups is 1. The van der Waals surface area contributed by atoms with Crippen LogP contribution in [0.15, 0.2) is 47.8 Å². The molecule has 0 bridgehead atoms. The number of nitrogens with zero attached hydrogens (tertiary/aromatic N) is 3. The van der Waals surface area contributed by atoms with E-state index in [-0.39, 0.29) is 17.9 Å². The number of amides is 1. The smallest absolute Gasteiger partial charge is 0.270 e. The van der Waals surface area contributed by atoms with E-state index >= 15 is 0 Å². The minimum absolute atomic E-state index is 0.0606. The zero-order valence-corrected chi connectivity index (χ0v) is 20.5. The number of aliphatic hydroxyl groups excluding tert-OH is 1. The predicted octanol–water partition coefficient (Wildman–Crippen LogP) is 4.05. The Morgan fingerprint density at radius 1 is 1.36 bits per heavy atom. The third kappa shape index (κ3) is 4.86. The van der Waals surface area contributed by atoms with E-state index in [0.29, 0.717) is 47.8 Å². The van der Waals surface area contributed by atoms with Crippen molar-refractivity contribution >= 4 is 23.0 Å². The lowest BCUT2D eigenvalue weighted by Gasteiger charge is -2.36. The summed E-state index contributed by atoms with van der Waals surface area (Å²) in [5, 5.41) is 28.8. The molecule has 10 heteroatoms. The summed E-state index contributed by atoms with van der Waals surface area (Å²) in [5.74, 6) is -0.596. The van der Waals surface area contributed by atoms with E-state index in [9.17, 15) is 14.3 Å². The van der Waals surface area contributed by atoms with Crippen molar-refractivity contribution in [2.75, 3.05) is 18.5 Å². The fraction of sp³-hybridized carbons (Fsp3) is 0.423. The second-order valence-electron chi connectivity index (χ2n) is 9.32. The van der Waals surface area contributed by atoms with Gasteiger partial charge in [0.1, 0.15) is 23.4 Å². The number of nitrogens with one attached hydrogen (secondary N) is 4. The Balaban J connectivity index is 1.48. The van der Waals surface area contributed by atoms with E-state index in [1.807, 2.05) is 11.8 Å². The van der Waals surface area contributed by atoms with Crippen LogP contribution in [0.5, 0.6) is 0 Å². The third-order valence-corrected chi connectivity index (χ3v) is 7.16. The Morgan fingerprint density at radius 3 is 2.81 bits per heavy atom. The van der Waals surface area contributed by atoms with Crippen LogP contribution >= 0.6 is 0 Å². The van der Waals surface area contributed by atoms with Crippen LogP contribution in [-0.4, -0.2) is 41.5 Å². The molecule has 36 heavy (non-hydrogen) atoms. The van der Waals surface area contributed by atoms with Gasteiger partial charge in [-0.05, 0) is 67.5 Å². The molecule has 2 aliphatic rings. The summed E-state index contributed by atoms with van der Waals surface area (Å²) in [6.07, 6.45) is 5.59. The fourth-order valence-electron chi connectivity index (χ4n) is 5.21. The van der Waals surface area contributed by atoms with Crippen molar-refractivity contribution in [1.29, 1.82) is 10.9 Å². The van der Waals surface area contributed by atoms with Gasteiger partial charge in [0.25, 0.3) is 5.91 Å². The first-order valence-corrected chi connectivity index (χ1v) is 12.2. The molecule has 1 saturated carbocycles. The van der Waals surface area contributed by atoms with Crippen molar-refractivity contribution in [2.45, 2.75) is 45.4 Å². The van der Waals surface area contributed by atoms with Gasteiger partial charge in [0.2, 0.25) is 0 Å². The van der Waals surface area contributed by atoms with Crippen molar-refractivity contribution in [2.24, 2.45) is 16.4 Å². The zero-order chi connectivity index (χ0) is 25.9. The van der Waals surface area contributed by atoms with Crippen molar-refractivity contribution in [3.05, 3.63) is 65.4 Å². The van der Waals surface area contributed by atoms with Crippen molar-refractivity contribution in [3.63, 3.8) is 0 Å². The number of halogens is 1. The van der Waals surface area contributed by atoms with Crippen molar-refractivity contribution in [1.82, 2.24) is 15.6 Å². The molecular formula is C26H32FN7O2. The summed E-state index contributed by atoms with van der Waals surface area (Å²) >= 11 is 0. The summed E-state index contributed by atoms with van der Waals surface area (Å²) in [5.41, 5.74) is 9.43. The molecule has 1 aromatic heterocycles. The molecule has 9 nitrogen and oxygen atoms in total. The first-order valence-electron chi connectivity index (χ1n) is 12.2. The zero-order valence-electron chi connectivity index (χ0n) is 20.5. The SMILES string of the molecule is CCC(=N)[C@@]1(C2CC2)CCN(c2ccnc(C(=O)NCc3cc(F)cc(/C(=C/NC)N=N)c3)c2)C1O. The molecule has 1 unspecified atom stereocenters. The summed E-state index contributed by atoms with van der Waals surface area (Å²) in [6, 6.07) is 7.65. The molecule has 1 aromatic carbocycles. The number of pyridine rings is 1. The lowest BCUT2D eigenvalue weighted by atomic mass is 9.74. The second kappa shape index (κ2) is 10.5. The number of carbonyl (C=O) groups excluding carboxylic acids is 1. The van der Waals surface area contributed by atoms with Gasteiger partial charge in [-0.1, -0.05) is 6.92 Å². The molecule has 190 valence electrons. The van der Waals surface area contributed by atoms with E-state index in [4.69, 9.17) is 10.9 Å². The largest absolute Gasteiger partial charge is 0.392 e. The van der Waals surface area contributed by atoms with Gasteiger partial charge in [-0.25, -0.2) is 9.92 Å². The number of benzene rings is 1. The Kier molecular flexibility index (Phi) is 7.44. The van der Waals surface area contributed by atoms with Crippen LogP contribution < -0.4 is 15.5 Å². The second-order valence-corrected chi connectivity index (χ2v) is 9.32. The molecule has 5 N–H and O–H groups in total. The number of aromatic nitrogens is 1. The molecule has 0 radical (unpaired) electrons. The maximum absolute atomic E-state index is 14.2. The van der Waals surface area contributed by atoms with Crippen LogP contribution in [0.1, 0.15) is 54.2 Å². The van der Waals surface area contributed by atoms with Crippen LogP contribution in [-0.2, 0) is 6.54 Å². The minimum Gasteiger partial charge on any atom is -0.392 e. The Bertz CT molecular complexity index is 1200. The maximum atomic E-state index is 14.2. The maximum Gasteiger partial charge on any atom is 0.270 e. The quantitative estimate of drug-likeness (QED) is 0.251. The molecular weight excluding hydrogens is 461 g/mol. The van der Waals surface area contributed by atoms with Crippen LogP contribution in [0.3, 0.4) is 0 Å². The van der Waals surface area contributed by atoms with Gasteiger partial charge >= 0.3 is 0 Å². The van der Waals surface area contributed by atoms with E-state index in [0.717, 1.165) is 12.8 Å². The van der Waals surface area contributed by atoms with Crippen LogP contribution in [0.2, 0.25) is 0 Å². The van der Waals surface area contributed by atoms with E-state index < -0.39 is 23.4 Å². The summed E-state index contributed by atoms with van der Waals surface area (Å²) in [6.45, 7) is 2.61. The Hall–Kier alpha value is -3.66. The fourth-order valence-corrected chi connectivity index (χ4v) is 5.21. The highest BCUT2D eigenvalue weighted by Gasteiger charge is 2.57. The number of aliphatic hydroxyl groups is 1. The summed E-state index contributed by atoms with van der Waals surface area (Å²) < 4.78 is 14.2. The molecule has 4 rings (SSSR count). The lowest BCUT2D eigenvalue weighted by molar-refractivity contribution is 0.0845. The first kappa shape index (κ1) is 25.4. The average Bonchev–Trinajstić information content (AvgIpc) is 3.68.